The van der Waals surface area contributed by atoms with Gasteiger partial charge in [-0.15, -0.1) is 24.8 Å². The van der Waals surface area contributed by atoms with Gasteiger partial charge in [0.2, 0.25) is 0 Å². The fourth-order valence-electron chi connectivity index (χ4n) is 5.19. The van der Waals surface area contributed by atoms with Gasteiger partial charge in [0.1, 0.15) is 11.5 Å². The highest BCUT2D eigenvalue weighted by atomic mass is 35.5. The van der Waals surface area contributed by atoms with Crippen LogP contribution in [0.2, 0.25) is 0 Å². The molecule has 0 amide bonds. The van der Waals surface area contributed by atoms with E-state index in [1.165, 1.54) is 47.9 Å². The number of unbranched alkanes of at least 4 members (excludes halogenated alkanes) is 3. The summed E-state index contributed by atoms with van der Waals surface area (Å²) >= 11 is 0. The first-order valence-electron chi connectivity index (χ1n) is 15.1. The third-order valence-electron chi connectivity index (χ3n) is 7.55. The van der Waals surface area contributed by atoms with Crippen molar-refractivity contribution < 1.29 is 18.9 Å². The number of rotatable bonds is 21. The van der Waals surface area contributed by atoms with E-state index in [2.05, 4.69) is 47.0 Å². The van der Waals surface area contributed by atoms with Crippen LogP contribution in [0, 0.1) is 0 Å². The quantitative estimate of drug-likeness (QED) is 0.120. The molecule has 0 radical (unpaired) electrons. The molecule has 0 aliphatic rings. The van der Waals surface area contributed by atoms with E-state index in [1.54, 1.807) is 28.4 Å². The second-order valence-electron chi connectivity index (χ2n) is 10.4. The molecule has 0 saturated heterocycles. The first-order valence-corrected chi connectivity index (χ1v) is 15.1. The Kier molecular flexibility index (Phi) is 20.4. The van der Waals surface area contributed by atoms with Crippen molar-refractivity contribution >= 4 is 24.8 Å². The van der Waals surface area contributed by atoms with Crippen LogP contribution in [0.5, 0.6) is 23.0 Å². The summed E-state index contributed by atoms with van der Waals surface area (Å²) in [4.78, 5) is 0. The highest BCUT2D eigenvalue weighted by Gasteiger charge is 2.15. The Hall–Kier alpha value is -2.64. The molecule has 0 aliphatic carbocycles. The number of aryl methyl sites for hydroxylation is 1. The molecule has 0 spiro atoms. The predicted molar refractivity (Wildman–Crippen MR) is 184 cm³/mol. The number of benzene rings is 3. The van der Waals surface area contributed by atoms with Crippen LogP contribution in [-0.2, 0) is 25.7 Å². The van der Waals surface area contributed by atoms with Crippen molar-refractivity contribution in [1.29, 1.82) is 0 Å². The molecule has 0 atom stereocenters. The summed E-state index contributed by atoms with van der Waals surface area (Å²) in [6, 6.07) is 20.9. The summed E-state index contributed by atoms with van der Waals surface area (Å²) in [7, 11) is 6.86. The van der Waals surface area contributed by atoms with Crippen molar-refractivity contribution in [2.45, 2.75) is 57.8 Å². The molecule has 0 aromatic heterocycles. The van der Waals surface area contributed by atoms with Gasteiger partial charge in [-0.3, -0.25) is 0 Å². The molecule has 0 aliphatic heterocycles. The van der Waals surface area contributed by atoms with Crippen molar-refractivity contribution in [3.8, 4) is 23.0 Å². The zero-order valence-electron chi connectivity index (χ0n) is 26.4. The van der Waals surface area contributed by atoms with Gasteiger partial charge in [0.25, 0.3) is 0 Å². The molecule has 0 heterocycles. The Morgan fingerprint density at radius 2 is 1.19 bits per heavy atom. The lowest BCUT2D eigenvalue weighted by Crippen LogP contribution is -2.20. The molecule has 3 rings (SSSR count). The van der Waals surface area contributed by atoms with Crippen molar-refractivity contribution in [3.05, 3.63) is 82.9 Å². The fraction of sp³-hybridized carbons (Fsp3) is 0.486. The molecular weight excluding hydrogens is 583 g/mol. The topological polar surface area (TPSA) is 61.0 Å². The average molecular weight is 636 g/mol. The Morgan fingerprint density at radius 3 is 1.81 bits per heavy atom. The molecule has 43 heavy (non-hydrogen) atoms. The number of ether oxygens (including phenoxy) is 4. The van der Waals surface area contributed by atoms with Gasteiger partial charge in [-0.2, -0.15) is 0 Å². The second kappa shape index (κ2) is 22.8. The Bertz CT molecular complexity index is 1150. The van der Waals surface area contributed by atoms with E-state index >= 15 is 0 Å². The molecule has 2 N–H and O–H groups in total. The van der Waals surface area contributed by atoms with Crippen molar-refractivity contribution in [3.63, 3.8) is 0 Å². The summed E-state index contributed by atoms with van der Waals surface area (Å²) in [6.07, 6.45) is 9.98. The summed E-state index contributed by atoms with van der Waals surface area (Å²) in [6.45, 7) is 4.13. The smallest absolute Gasteiger partial charge is 0.164 e. The Labute approximate surface area is 272 Å². The zero-order valence-corrected chi connectivity index (χ0v) is 28.0. The highest BCUT2D eigenvalue weighted by Crippen LogP contribution is 2.35. The molecular formula is C35H52Cl2N2O4. The molecule has 0 bridgehead atoms. The van der Waals surface area contributed by atoms with E-state index < -0.39 is 0 Å². The molecule has 8 heteroatoms. The van der Waals surface area contributed by atoms with E-state index in [9.17, 15) is 0 Å². The standard InChI is InChI=1S/C35H50N2O4.2ClH/c1-38-31-18-15-28(16-19-31)21-25-36-23-7-5-6-8-24-37-26-22-30-17-20-34(40-3)35(41-4)33(30)14-10-12-29-11-9-13-32(27-29)39-2;;/h9,11,13,15-20,27,36-37H,5-8,10,12,14,21-26H2,1-4H3;2*1H. The van der Waals surface area contributed by atoms with Crippen molar-refractivity contribution in [1.82, 2.24) is 10.6 Å². The highest BCUT2D eigenvalue weighted by molar-refractivity contribution is 5.85. The summed E-state index contributed by atoms with van der Waals surface area (Å²) < 4.78 is 22.0. The molecule has 240 valence electrons. The lowest BCUT2D eigenvalue weighted by atomic mass is 9.96. The summed E-state index contributed by atoms with van der Waals surface area (Å²) in [5.41, 5.74) is 5.23. The molecule has 0 saturated carbocycles. The minimum atomic E-state index is 0. The van der Waals surface area contributed by atoms with E-state index in [-0.39, 0.29) is 24.8 Å². The third-order valence-corrected chi connectivity index (χ3v) is 7.55. The molecule has 0 fully saturated rings. The Morgan fingerprint density at radius 1 is 0.512 bits per heavy atom. The van der Waals surface area contributed by atoms with Crippen molar-refractivity contribution in [2.75, 3.05) is 54.6 Å². The average Bonchev–Trinajstić information content (AvgIpc) is 3.02. The molecule has 3 aromatic rings. The summed E-state index contributed by atoms with van der Waals surface area (Å²) in [5, 5.41) is 7.22. The minimum absolute atomic E-state index is 0. The van der Waals surface area contributed by atoms with E-state index in [0.717, 1.165) is 81.3 Å². The normalized spacial score (nSPS) is 10.4. The SMILES string of the molecule is COc1ccc(CCNCCCCCCNCCc2ccc(OC)c(OC)c2CCCc2cccc(OC)c2)cc1.Cl.Cl. The van der Waals surface area contributed by atoms with Crippen LogP contribution < -0.4 is 29.6 Å². The van der Waals surface area contributed by atoms with Gasteiger partial charge in [0.05, 0.1) is 28.4 Å². The van der Waals surface area contributed by atoms with Crippen LogP contribution in [0.1, 0.15) is 54.4 Å². The predicted octanol–water partition coefficient (Wildman–Crippen LogP) is 7.26. The zero-order chi connectivity index (χ0) is 29.1. The minimum Gasteiger partial charge on any atom is -0.497 e. The second-order valence-corrected chi connectivity index (χ2v) is 10.4. The van der Waals surface area contributed by atoms with E-state index in [4.69, 9.17) is 18.9 Å². The van der Waals surface area contributed by atoms with Crippen LogP contribution >= 0.6 is 24.8 Å². The maximum Gasteiger partial charge on any atom is 0.164 e. The van der Waals surface area contributed by atoms with Gasteiger partial charge in [-0.25, -0.2) is 0 Å². The van der Waals surface area contributed by atoms with Crippen LogP contribution in [-0.4, -0.2) is 54.6 Å². The van der Waals surface area contributed by atoms with E-state index in [0.29, 0.717) is 0 Å². The number of hydrogen-bond acceptors (Lipinski definition) is 6. The monoisotopic (exact) mass is 634 g/mol. The summed E-state index contributed by atoms with van der Waals surface area (Å²) in [5.74, 6) is 3.49. The van der Waals surface area contributed by atoms with Gasteiger partial charge < -0.3 is 29.6 Å². The van der Waals surface area contributed by atoms with Gasteiger partial charge >= 0.3 is 0 Å². The van der Waals surface area contributed by atoms with Crippen LogP contribution in [0.3, 0.4) is 0 Å². The molecule has 0 unspecified atom stereocenters. The fourth-order valence-corrected chi connectivity index (χ4v) is 5.19. The van der Waals surface area contributed by atoms with Gasteiger partial charge in [0, 0.05) is 5.56 Å². The first-order chi connectivity index (χ1) is 20.2. The van der Waals surface area contributed by atoms with Crippen LogP contribution in [0.15, 0.2) is 60.7 Å². The van der Waals surface area contributed by atoms with Gasteiger partial charge in [0.15, 0.2) is 11.5 Å². The maximum absolute atomic E-state index is 5.81. The van der Waals surface area contributed by atoms with Gasteiger partial charge in [-0.1, -0.05) is 43.2 Å². The van der Waals surface area contributed by atoms with Crippen LogP contribution in [0.25, 0.3) is 0 Å². The lowest BCUT2D eigenvalue weighted by Gasteiger charge is -2.17. The number of halogens is 2. The molecule has 3 aromatic carbocycles. The van der Waals surface area contributed by atoms with Crippen LogP contribution in [0.4, 0.5) is 0 Å². The number of hydrogen-bond donors (Lipinski definition) is 2. The Balaban J connectivity index is 0.00000462. The third kappa shape index (κ3) is 13.7. The van der Waals surface area contributed by atoms with E-state index in [1.807, 2.05) is 24.3 Å². The number of nitrogens with one attached hydrogen (secondary N) is 2. The lowest BCUT2D eigenvalue weighted by molar-refractivity contribution is 0.350. The maximum atomic E-state index is 5.81. The van der Waals surface area contributed by atoms with Gasteiger partial charge in [-0.05, 0) is 118 Å². The number of methoxy groups -OCH3 is 4. The first kappa shape index (κ1) is 38.4. The molecule has 6 nitrogen and oxygen atoms in total. The van der Waals surface area contributed by atoms with Crippen molar-refractivity contribution in [2.24, 2.45) is 0 Å². The largest absolute Gasteiger partial charge is 0.497 e.